The lowest BCUT2D eigenvalue weighted by molar-refractivity contribution is -0.131. The van der Waals surface area contributed by atoms with Crippen molar-refractivity contribution in [3.63, 3.8) is 0 Å². The van der Waals surface area contributed by atoms with E-state index in [2.05, 4.69) is 0 Å². The van der Waals surface area contributed by atoms with Crippen LogP contribution in [-0.2, 0) is 4.79 Å². The SMILES string of the molecule is CN(C)c1cccc(Cl)c1C=CC(=O)O. The van der Waals surface area contributed by atoms with E-state index >= 15 is 0 Å². The molecule has 0 aliphatic heterocycles. The van der Waals surface area contributed by atoms with Crippen LogP contribution in [0.4, 0.5) is 5.69 Å². The monoisotopic (exact) mass is 225 g/mol. The molecule has 0 aliphatic carbocycles. The fourth-order valence-corrected chi connectivity index (χ4v) is 1.47. The largest absolute Gasteiger partial charge is 0.478 e. The van der Waals surface area contributed by atoms with Crippen LogP contribution in [0.2, 0.25) is 5.02 Å². The zero-order valence-electron chi connectivity index (χ0n) is 8.57. The Morgan fingerprint density at radius 3 is 2.67 bits per heavy atom. The molecule has 0 fully saturated rings. The highest BCUT2D eigenvalue weighted by molar-refractivity contribution is 6.32. The van der Waals surface area contributed by atoms with Crippen molar-refractivity contribution in [2.45, 2.75) is 0 Å². The van der Waals surface area contributed by atoms with Crippen LogP contribution in [0.5, 0.6) is 0 Å². The predicted octanol–water partition coefficient (Wildman–Crippen LogP) is 2.50. The summed E-state index contributed by atoms with van der Waals surface area (Å²) in [7, 11) is 3.76. The molecule has 1 rings (SSSR count). The summed E-state index contributed by atoms with van der Waals surface area (Å²) in [6, 6.07) is 5.44. The molecular formula is C11H12ClNO2. The molecule has 0 saturated heterocycles. The molecule has 0 saturated carbocycles. The molecule has 15 heavy (non-hydrogen) atoms. The second-order valence-corrected chi connectivity index (χ2v) is 3.65. The summed E-state index contributed by atoms with van der Waals surface area (Å²) in [4.78, 5) is 12.3. The molecular weight excluding hydrogens is 214 g/mol. The highest BCUT2D eigenvalue weighted by Gasteiger charge is 2.05. The number of halogens is 1. The second-order valence-electron chi connectivity index (χ2n) is 3.24. The number of benzene rings is 1. The van der Waals surface area contributed by atoms with Crippen molar-refractivity contribution >= 4 is 29.3 Å². The zero-order chi connectivity index (χ0) is 11.4. The quantitative estimate of drug-likeness (QED) is 0.804. The molecule has 0 heterocycles. The van der Waals surface area contributed by atoms with Crippen molar-refractivity contribution in [1.82, 2.24) is 0 Å². The van der Waals surface area contributed by atoms with Crippen molar-refractivity contribution in [2.24, 2.45) is 0 Å². The highest BCUT2D eigenvalue weighted by Crippen LogP contribution is 2.27. The molecule has 0 aliphatic rings. The van der Waals surface area contributed by atoms with Crippen LogP contribution in [0, 0.1) is 0 Å². The molecule has 4 heteroatoms. The number of carbonyl (C=O) groups is 1. The zero-order valence-corrected chi connectivity index (χ0v) is 9.32. The molecule has 0 bridgehead atoms. The lowest BCUT2D eigenvalue weighted by atomic mass is 10.1. The molecule has 0 aromatic heterocycles. The summed E-state index contributed by atoms with van der Waals surface area (Å²) in [6.07, 6.45) is 2.58. The molecule has 3 nitrogen and oxygen atoms in total. The van der Waals surface area contributed by atoms with Crippen molar-refractivity contribution in [3.05, 3.63) is 34.9 Å². The first-order valence-electron chi connectivity index (χ1n) is 4.39. The van der Waals surface area contributed by atoms with Crippen LogP contribution in [0.25, 0.3) is 6.08 Å². The van der Waals surface area contributed by atoms with E-state index in [4.69, 9.17) is 16.7 Å². The van der Waals surface area contributed by atoms with Gasteiger partial charge in [-0.2, -0.15) is 0 Å². The van der Waals surface area contributed by atoms with Crippen LogP contribution in [-0.4, -0.2) is 25.2 Å². The Morgan fingerprint density at radius 2 is 2.13 bits per heavy atom. The summed E-state index contributed by atoms with van der Waals surface area (Å²) in [5, 5.41) is 9.09. The summed E-state index contributed by atoms with van der Waals surface area (Å²) >= 11 is 5.99. The molecule has 0 radical (unpaired) electrons. The first kappa shape index (κ1) is 11.6. The normalized spacial score (nSPS) is 10.6. The molecule has 1 N–H and O–H groups in total. The minimum atomic E-state index is -0.986. The van der Waals surface area contributed by atoms with Crippen LogP contribution in [0.15, 0.2) is 24.3 Å². The van der Waals surface area contributed by atoms with Crippen LogP contribution < -0.4 is 4.90 Å². The molecule has 1 aromatic rings. The maximum atomic E-state index is 10.4. The summed E-state index contributed by atoms with van der Waals surface area (Å²) in [5.41, 5.74) is 1.60. The van der Waals surface area contributed by atoms with Gasteiger partial charge in [-0.1, -0.05) is 17.7 Å². The number of hydrogen-bond donors (Lipinski definition) is 1. The van der Waals surface area contributed by atoms with E-state index in [1.165, 1.54) is 6.08 Å². The molecule has 0 unspecified atom stereocenters. The van der Waals surface area contributed by atoms with Crippen molar-refractivity contribution in [3.8, 4) is 0 Å². The van der Waals surface area contributed by atoms with E-state index in [1.807, 2.05) is 31.1 Å². The van der Waals surface area contributed by atoms with Crippen LogP contribution >= 0.6 is 11.6 Å². The average molecular weight is 226 g/mol. The Hall–Kier alpha value is -1.48. The van der Waals surface area contributed by atoms with Crippen molar-refractivity contribution in [1.29, 1.82) is 0 Å². The van der Waals surface area contributed by atoms with E-state index in [0.717, 1.165) is 11.8 Å². The predicted molar refractivity (Wildman–Crippen MR) is 62.4 cm³/mol. The fraction of sp³-hybridized carbons (Fsp3) is 0.182. The number of hydrogen-bond acceptors (Lipinski definition) is 2. The van der Waals surface area contributed by atoms with Gasteiger partial charge in [0.15, 0.2) is 0 Å². The lowest BCUT2D eigenvalue weighted by Crippen LogP contribution is -2.10. The molecule has 80 valence electrons. The smallest absolute Gasteiger partial charge is 0.328 e. The third kappa shape index (κ3) is 2.99. The number of carboxylic acids is 1. The third-order valence-electron chi connectivity index (χ3n) is 1.90. The molecule has 1 aromatic carbocycles. The van der Waals surface area contributed by atoms with E-state index < -0.39 is 5.97 Å². The van der Waals surface area contributed by atoms with E-state index in [-0.39, 0.29) is 0 Å². The number of anilines is 1. The summed E-state index contributed by atoms with van der Waals surface area (Å²) in [5.74, 6) is -0.986. The van der Waals surface area contributed by atoms with E-state index in [1.54, 1.807) is 6.07 Å². The summed E-state index contributed by atoms with van der Waals surface area (Å²) in [6.45, 7) is 0. The minimum absolute atomic E-state index is 0.540. The highest BCUT2D eigenvalue weighted by atomic mass is 35.5. The second kappa shape index (κ2) is 4.84. The van der Waals surface area contributed by atoms with Gasteiger partial charge in [-0.3, -0.25) is 0 Å². The topological polar surface area (TPSA) is 40.5 Å². The Labute approximate surface area is 93.6 Å². The Balaban J connectivity index is 3.19. The number of aliphatic carboxylic acids is 1. The Morgan fingerprint density at radius 1 is 1.47 bits per heavy atom. The maximum Gasteiger partial charge on any atom is 0.328 e. The van der Waals surface area contributed by atoms with Gasteiger partial charge >= 0.3 is 5.97 Å². The van der Waals surface area contributed by atoms with Gasteiger partial charge in [0.05, 0.1) is 0 Å². The van der Waals surface area contributed by atoms with Crippen molar-refractivity contribution in [2.75, 3.05) is 19.0 Å². The van der Waals surface area contributed by atoms with Gasteiger partial charge in [0.1, 0.15) is 0 Å². The van der Waals surface area contributed by atoms with Crippen molar-refractivity contribution < 1.29 is 9.90 Å². The first-order chi connectivity index (χ1) is 7.02. The van der Waals surface area contributed by atoms with Gasteiger partial charge in [0, 0.05) is 36.4 Å². The van der Waals surface area contributed by atoms with Gasteiger partial charge < -0.3 is 10.0 Å². The number of rotatable bonds is 3. The maximum absolute atomic E-state index is 10.4. The third-order valence-corrected chi connectivity index (χ3v) is 2.23. The first-order valence-corrected chi connectivity index (χ1v) is 4.77. The molecule has 0 spiro atoms. The standard InChI is InChI=1S/C11H12ClNO2/c1-13(2)10-5-3-4-9(12)8(10)6-7-11(14)15/h3-7H,1-2H3,(H,14,15). The summed E-state index contributed by atoms with van der Waals surface area (Å²) < 4.78 is 0. The lowest BCUT2D eigenvalue weighted by Gasteiger charge is -2.16. The molecule has 0 atom stereocenters. The van der Waals surface area contributed by atoms with Gasteiger partial charge in [-0.05, 0) is 18.2 Å². The van der Waals surface area contributed by atoms with E-state index in [0.29, 0.717) is 10.6 Å². The number of carboxylic acid groups (broad SMARTS) is 1. The van der Waals surface area contributed by atoms with Gasteiger partial charge in [-0.15, -0.1) is 0 Å². The van der Waals surface area contributed by atoms with E-state index in [9.17, 15) is 4.79 Å². The van der Waals surface area contributed by atoms with Gasteiger partial charge in [0.25, 0.3) is 0 Å². The average Bonchev–Trinajstić information content (AvgIpc) is 2.15. The van der Waals surface area contributed by atoms with Crippen LogP contribution in [0.1, 0.15) is 5.56 Å². The van der Waals surface area contributed by atoms with Gasteiger partial charge in [0.2, 0.25) is 0 Å². The Kier molecular flexibility index (Phi) is 3.74. The number of nitrogens with zero attached hydrogens (tertiary/aromatic N) is 1. The minimum Gasteiger partial charge on any atom is -0.478 e. The Bertz CT molecular complexity index is 400. The fourth-order valence-electron chi connectivity index (χ4n) is 1.24. The van der Waals surface area contributed by atoms with Crippen LogP contribution in [0.3, 0.4) is 0 Å². The van der Waals surface area contributed by atoms with Gasteiger partial charge in [-0.25, -0.2) is 4.79 Å². The molecule has 0 amide bonds.